The maximum absolute atomic E-state index is 12.3. The Morgan fingerprint density at radius 3 is 2.57 bits per heavy atom. The van der Waals surface area contributed by atoms with Gasteiger partial charge in [-0.1, -0.05) is 55.8 Å². The van der Waals surface area contributed by atoms with E-state index in [1.807, 2.05) is 6.92 Å². The SMILES string of the molecule is CC(=O)C1CCC2C3CC=C4CC(CCc5ccccc5)CCC4(C)C3CCC12C. The molecule has 0 aliphatic heterocycles. The zero-order valence-corrected chi connectivity index (χ0v) is 19.3. The fraction of sp³-hybridized carbons (Fsp3) is 0.690. The van der Waals surface area contributed by atoms with Crippen molar-refractivity contribution in [2.45, 2.75) is 85.0 Å². The zero-order valence-electron chi connectivity index (χ0n) is 19.3. The molecule has 0 bridgehead atoms. The molecule has 1 nitrogen and oxygen atoms in total. The summed E-state index contributed by atoms with van der Waals surface area (Å²) < 4.78 is 0. The predicted molar refractivity (Wildman–Crippen MR) is 124 cm³/mol. The Balaban J connectivity index is 1.30. The van der Waals surface area contributed by atoms with Crippen LogP contribution in [0.25, 0.3) is 0 Å². The van der Waals surface area contributed by atoms with Crippen LogP contribution < -0.4 is 0 Å². The summed E-state index contributed by atoms with van der Waals surface area (Å²) in [6.07, 6.45) is 15.7. The van der Waals surface area contributed by atoms with Gasteiger partial charge in [0.25, 0.3) is 0 Å². The number of aryl methyl sites for hydroxylation is 1. The molecular weight excluding hydrogens is 364 g/mol. The molecule has 0 radical (unpaired) electrons. The highest BCUT2D eigenvalue weighted by Crippen LogP contribution is 2.66. The molecule has 3 saturated carbocycles. The highest BCUT2D eigenvalue weighted by molar-refractivity contribution is 5.79. The van der Waals surface area contributed by atoms with E-state index in [1.165, 1.54) is 63.4 Å². The van der Waals surface area contributed by atoms with Crippen molar-refractivity contribution in [1.29, 1.82) is 0 Å². The molecule has 162 valence electrons. The van der Waals surface area contributed by atoms with Gasteiger partial charge < -0.3 is 0 Å². The van der Waals surface area contributed by atoms with E-state index in [4.69, 9.17) is 0 Å². The summed E-state index contributed by atoms with van der Waals surface area (Å²) in [5.74, 6) is 4.10. The first-order chi connectivity index (χ1) is 14.4. The molecule has 0 aromatic heterocycles. The van der Waals surface area contributed by atoms with Crippen LogP contribution in [0.2, 0.25) is 0 Å². The van der Waals surface area contributed by atoms with E-state index >= 15 is 0 Å². The highest BCUT2D eigenvalue weighted by atomic mass is 16.1. The third-order valence-corrected chi connectivity index (χ3v) is 10.4. The molecule has 0 heterocycles. The van der Waals surface area contributed by atoms with Crippen molar-refractivity contribution < 1.29 is 4.79 Å². The summed E-state index contributed by atoms with van der Waals surface area (Å²) in [4.78, 5) is 12.3. The van der Waals surface area contributed by atoms with Gasteiger partial charge in [0.05, 0.1) is 0 Å². The fourth-order valence-electron chi connectivity index (χ4n) is 8.67. The maximum atomic E-state index is 12.3. The Kier molecular flexibility index (Phi) is 5.23. The van der Waals surface area contributed by atoms with Crippen molar-refractivity contribution in [3.05, 3.63) is 47.5 Å². The zero-order chi connectivity index (χ0) is 20.9. The van der Waals surface area contributed by atoms with Crippen LogP contribution in [-0.2, 0) is 11.2 Å². The molecule has 7 atom stereocenters. The molecule has 5 rings (SSSR count). The Hall–Kier alpha value is -1.37. The summed E-state index contributed by atoms with van der Waals surface area (Å²) in [5, 5.41) is 0. The standard InChI is InChI=1S/C29H40O/c1-20(30)25-13-14-26-24-12-11-23-19-22(10-9-21-7-5-4-6-8-21)15-17-28(23,2)27(24)16-18-29(25,26)3/h4-8,11,22,24-27H,9-10,12-19H2,1-3H3. The minimum absolute atomic E-state index is 0.279. The Morgan fingerprint density at radius 2 is 1.80 bits per heavy atom. The van der Waals surface area contributed by atoms with Crippen molar-refractivity contribution in [3.8, 4) is 0 Å². The summed E-state index contributed by atoms with van der Waals surface area (Å²) in [6, 6.07) is 11.0. The molecule has 1 aromatic carbocycles. The van der Waals surface area contributed by atoms with E-state index < -0.39 is 0 Å². The molecule has 4 aliphatic rings. The van der Waals surface area contributed by atoms with E-state index in [0.717, 1.165) is 30.1 Å². The molecule has 3 fully saturated rings. The van der Waals surface area contributed by atoms with Gasteiger partial charge in [0, 0.05) is 5.92 Å². The highest BCUT2D eigenvalue weighted by Gasteiger charge is 2.59. The van der Waals surface area contributed by atoms with E-state index in [-0.39, 0.29) is 5.41 Å². The second-order valence-corrected chi connectivity index (χ2v) is 11.7. The van der Waals surface area contributed by atoms with E-state index in [2.05, 4.69) is 50.3 Å². The first-order valence-corrected chi connectivity index (χ1v) is 12.7. The van der Waals surface area contributed by atoms with Crippen LogP contribution in [0.3, 0.4) is 0 Å². The van der Waals surface area contributed by atoms with Crippen LogP contribution in [-0.4, -0.2) is 5.78 Å². The number of rotatable bonds is 4. The van der Waals surface area contributed by atoms with Gasteiger partial charge in [0.2, 0.25) is 0 Å². The largest absolute Gasteiger partial charge is 0.300 e. The third kappa shape index (κ3) is 3.23. The number of allylic oxidation sites excluding steroid dienone is 2. The molecular formula is C29H40O. The number of benzene rings is 1. The van der Waals surface area contributed by atoms with Gasteiger partial charge in [-0.05, 0) is 111 Å². The van der Waals surface area contributed by atoms with Gasteiger partial charge in [-0.3, -0.25) is 4.79 Å². The molecule has 0 saturated heterocycles. The lowest BCUT2D eigenvalue weighted by Crippen LogP contribution is -2.50. The van der Waals surface area contributed by atoms with Gasteiger partial charge >= 0.3 is 0 Å². The van der Waals surface area contributed by atoms with Gasteiger partial charge in [-0.2, -0.15) is 0 Å². The van der Waals surface area contributed by atoms with Gasteiger partial charge in [-0.15, -0.1) is 0 Å². The maximum Gasteiger partial charge on any atom is 0.133 e. The topological polar surface area (TPSA) is 17.1 Å². The molecule has 7 unspecified atom stereocenters. The quantitative estimate of drug-likeness (QED) is 0.478. The van der Waals surface area contributed by atoms with Crippen molar-refractivity contribution in [2.75, 3.05) is 0 Å². The first-order valence-electron chi connectivity index (χ1n) is 12.7. The smallest absolute Gasteiger partial charge is 0.133 e. The average molecular weight is 405 g/mol. The number of carbonyl (C=O) groups excluding carboxylic acids is 1. The van der Waals surface area contributed by atoms with E-state index in [9.17, 15) is 4.79 Å². The van der Waals surface area contributed by atoms with Crippen LogP contribution >= 0.6 is 0 Å². The predicted octanol–water partition coefficient (Wildman–Crippen LogP) is 7.40. The first kappa shape index (κ1) is 20.5. The lowest BCUT2D eigenvalue weighted by molar-refractivity contribution is -0.127. The van der Waals surface area contributed by atoms with Gasteiger partial charge in [0.1, 0.15) is 5.78 Å². The minimum Gasteiger partial charge on any atom is -0.300 e. The lowest BCUT2D eigenvalue weighted by atomic mass is 9.47. The summed E-state index contributed by atoms with van der Waals surface area (Å²) in [7, 11) is 0. The van der Waals surface area contributed by atoms with Crippen LogP contribution in [0.4, 0.5) is 0 Å². The third-order valence-electron chi connectivity index (χ3n) is 10.4. The lowest BCUT2D eigenvalue weighted by Gasteiger charge is -2.58. The number of Topliss-reactive ketones (excluding diaryl/α,β-unsaturated/α-hetero) is 1. The molecule has 30 heavy (non-hydrogen) atoms. The van der Waals surface area contributed by atoms with Crippen LogP contribution in [0, 0.1) is 40.4 Å². The van der Waals surface area contributed by atoms with E-state index in [1.54, 1.807) is 5.57 Å². The van der Waals surface area contributed by atoms with Crippen molar-refractivity contribution in [2.24, 2.45) is 40.4 Å². The molecule has 1 aromatic rings. The molecule has 0 amide bonds. The van der Waals surface area contributed by atoms with Crippen LogP contribution in [0.1, 0.15) is 84.1 Å². The summed E-state index contributed by atoms with van der Waals surface area (Å²) >= 11 is 0. The van der Waals surface area contributed by atoms with Crippen molar-refractivity contribution in [1.82, 2.24) is 0 Å². The Morgan fingerprint density at radius 1 is 1.00 bits per heavy atom. The van der Waals surface area contributed by atoms with Gasteiger partial charge in [-0.25, -0.2) is 0 Å². The average Bonchev–Trinajstić information content (AvgIpc) is 3.10. The van der Waals surface area contributed by atoms with Crippen molar-refractivity contribution in [3.63, 3.8) is 0 Å². The minimum atomic E-state index is 0.279. The van der Waals surface area contributed by atoms with E-state index in [0.29, 0.717) is 17.1 Å². The normalized spacial score (nSPS) is 42.6. The summed E-state index contributed by atoms with van der Waals surface area (Å²) in [5.41, 5.74) is 4.01. The second-order valence-electron chi connectivity index (χ2n) is 11.7. The summed E-state index contributed by atoms with van der Waals surface area (Å²) in [6.45, 7) is 6.93. The number of hydrogen-bond donors (Lipinski definition) is 0. The van der Waals surface area contributed by atoms with Crippen LogP contribution in [0.5, 0.6) is 0 Å². The molecule has 1 heteroatoms. The van der Waals surface area contributed by atoms with Gasteiger partial charge in [0.15, 0.2) is 0 Å². The Bertz CT molecular complexity index is 822. The number of hydrogen-bond acceptors (Lipinski definition) is 1. The monoisotopic (exact) mass is 404 g/mol. The molecule has 0 N–H and O–H groups in total. The van der Waals surface area contributed by atoms with Crippen LogP contribution in [0.15, 0.2) is 42.0 Å². The number of fused-ring (bicyclic) bond motifs is 5. The number of carbonyl (C=O) groups is 1. The molecule has 4 aliphatic carbocycles. The fourth-order valence-corrected chi connectivity index (χ4v) is 8.67. The number of ketones is 1. The molecule has 0 spiro atoms. The van der Waals surface area contributed by atoms with Crippen molar-refractivity contribution >= 4 is 5.78 Å². The second kappa shape index (κ2) is 7.64. The Labute approximate surface area is 183 Å².